The Labute approximate surface area is 252 Å². The van der Waals surface area contributed by atoms with E-state index in [0.717, 1.165) is 68.2 Å². The number of anilines is 7. The van der Waals surface area contributed by atoms with E-state index in [1.54, 1.807) is 4.80 Å². The van der Waals surface area contributed by atoms with Crippen molar-refractivity contribution in [3.8, 4) is 28.7 Å². The summed E-state index contributed by atoms with van der Waals surface area (Å²) >= 11 is 0. The molecular formula is C36H24N6O2. The van der Waals surface area contributed by atoms with Gasteiger partial charge in [-0.05, 0) is 72.8 Å². The molecule has 0 saturated heterocycles. The fourth-order valence-corrected chi connectivity index (χ4v) is 6.01. The van der Waals surface area contributed by atoms with Crippen LogP contribution in [-0.2, 0) is 0 Å². The summed E-state index contributed by atoms with van der Waals surface area (Å²) in [7, 11) is 0. The molecule has 1 aromatic heterocycles. The first-order chi connectivity index (χ1) is 21.7. The molecule has 0 spiro atoms. The zero-order chi connectivity index (χ0) is 29.2. The number of hydrogen-bond acceptors (Lipinski definition) is 7. The Hall–Kier alpha value is -6.28. The fourth-order valence-electron chi connectivity index (χ4n) is 6.01. The van der Waals surface area contributed by atoms with E-state index in [2.05, 4.69) is 40.1 Å². The van der Waals surface area contributed by atoms with Crippen molar-refractivity contribution in [3.05, 3.63) is 133 Å². The van der Waals surface area contributed by atoms with Crippen molar-refractivity contribution in [2.45, 2.75) is 0 Å². The molecule has 0 saturated carbocycles. The van der Waals surface area contributed by atoms with E-state index >= 15 is 0 Å². The van der Waals surface area contributed by atoms with Gasteiger partial charge < -0.3 is 25.0 Å². The molecule has 9 rings (SSSR count). The number of fused-ring (bicyclic) bond motifs is 5. The molecule has 2 N–H and O–H groups in total. The number of nitrogens with two attached hydrogens (primary N) is 1. The summed E-state index contributed by atoms with van der Waals surface area (Å²) in [5.41, 5.74) is 15.0. The number of aromatic nitrogens is 3. The van der Waals surface area contributed by atoms with Crippen LogP contribution >= 0.6 is 0 Å². The summed E-state index contributed by atoms with van der Waals surface area (Å²) in [6.07, 6.45) is 0. The van der Waals surface area contributed by atoms with Gasteiger partial charge in [0.05, 0.1) is 39.8 Å². The van der Waals surface area contributed by atoms with Crippen LogP contribution in [0, 0.1) is 0 Å². The summed E-state index contributed by atoms with van der Waals surface area (Å²) in [6, 6.07) is 44.0. The Bertz CT molecular complexity index is 2120. The van der Waals surface area contributed by atoms with E-state index in [-0.39, 0.29) is 0 Å². The molecule has 0 fully saturated rings. The van der Waals surface area contributed by atoms with Crippen LogP contribution in [0.5, 0.6) is 23.0 Å². The number of hydrogen-bond donors (Lipinski definition) is 1. The standard InChI is InChI=1S/C36H24N6O2/c37-23-21-31(40-26-13-3-7-17-33(26)43-34-18-8-4-14-27(34)40)32(22-30(23)42-38-24-11-1-2-12-25(24)39-42)41-28-15-5-9-19-35(28)44-36-20-10-6-16-29(36)41/h1-22H,37H2. The maximum atomic E-state index is 6.91. The molecule has 2 aliphatic rings. The van der Waals surface area contributed by atoms with Crippen molar-refractivity contribution >= 4 is 50.8 Å². The molecule has 0 aliphatic carbocycles. The van der Waals surface area contributed by atoms with Gasteiger partial charge in [-0.3, -0.25) is 0 Å². The van der Waals surface area contributed by atoms with Crippen LogP contribution in [0.3, 0.4) is 0 Å². The Morgan fingerprint density at radius 2 is 0.773 bits per heavy atom. The average Bonchev–Trinajstić information content (AvgIpc) is 3.50. The van der Waals surface area contributed by atoms with Crippen molar-refractivity contribution in [1.82, 2.24) is 15.0 Å². The van der Waals surface area contributed by atoms with Crippen LogP contribution in [0.1, 0.15) is 0 Å². The zero-order valence-electron chi connectivity index (χ0n) is 23.3. The number of nitrogen functional groups attached to an aromatic ring is 1. The van der Waals surface area contributed by atoms with Gasteiger partial charge in [0.25, 0.3) is 0 Å². The average molecular weight is 573 g/mol. The van der Waals surface area contributed by atoms with E-state index in [1.165, 1.54) is 0 Å². The number of benzene rings is 6. The largest absolute Gasteiger partial charge is 0.453 e. The predicted octanol–water partition coefficient (Wildman–Crippen LogP) is 9.15. The molecule has 0 amide bonds. The van der Waals surface area contributed by atoms with E-state index in [4.69, 9.17) is 25.4 Å². The Morgan fingerprint density at radius 3 is 1.20 bits per heavy atom. The molecule has 6 aromatic carbocycles. The second-order valence-electron chi connectivity index (χ2n) is 10.6. The van der Waals surface area contributed by atoms with Crippen molar-refractivity contribution in [3.63, 3.8) is 0 Å². The van der Waals surface area contributed by atoms with Gasteiger partial charge in [0.2, 0.25) is 0 Å². The molecule has 0 radical (unpaired) electrons. The van der Waals surface area contributed by atoms with Gasteiger partial charge in [-0.2, -0.15) is 0 Å². The summed E-state index contributed by atoms with van der Waals surface area (Å²) in [5, 5.41) is 9.56. The van der Waals surface area contributed by atoms with Crippen LogP contribution in [0.2, 0.25) is 0 Å². The quantitative estimate of drug-likeness (QED) is 0.211. The summed E-state index contributed by atoms with van der Waals surface area (Å²) in [6.45, 7) is 0. The molecular weight excluding hydrogens is 548 g/mol. The first kappa shape index (κ1) is 24.3. The number of rotatable bonds is 3. The minimum atomic E-state index is 0.528. The Kier molecular flexibility index (Phi) is 5.18. The summed E-state index contributed by atoms with van der Waals surface area (Å²) in [4.78, 5) is 6.04. The maximum Gasteiger partial charge on any atom is 0.151 e. The van der Waals surface area contributed by atoms with Gasteiger partial charge in [-0.1, -0.05) is 60.7 Å². The Balaban J connectivity index is 1.37. The van der Waals surface area contributed by atoms with Crippen LogP contribution < -0.4 is 25.0 Å². The minimum absolute atomic E-state index is 0.528. The molecule has 0 unspecified atom stereocenters. The number of ether oxygens (including phenoxy) is 2. The van der Waals surface area contributed by atoms with Crippen molar-refractivity contribution in [2.24, 2.45) is 0 Å². The highest BCUT2D eigenvalue weighted by Gasteiger charge is 2.33. The molecule has 2 aliphatic heterocycles. The first-order valence-electron chi connectivity index (χ1n) is 14.3. The smallest absolute Gasteiger partial charge is 0.151 e. The van der Waals surface area contributed by atoms with Gasteiger partial charge in [0, 0.05) is 0 Å². The highest BCUT2D eigenvalue weighted by Crippen LogP contribution is 2.57. The van der Waals surface area contributed by atoms with Crippen LogP contribution in [0.4, 0.5) is 39.8 Å². The zero-order valence-corrected chi connectivity index (χ0v) is 23.3. The third-order valence-corrected chi connectivity index (χ3v) is 7.97. The molecule has 0 atom stereocenters. The minimum Gasteiger partial charge on any atom is -0.453 e. The van der Waals surface area contributed by atoms with Gasteiger partial charge in [0.1, 0.15) is 16.7 Å². The first-order valence-corrected chi connectivity index (χ1v) is 14.3. The second kappa shape index (κ2) is 9.37. The highest BCUT2D eigenvalue weighted by atomic mass is 16.5. The van der Waals surface area contributed by atoms with E-state index in [1.807, 2.05) is 103 Å². The summed E-state index contributed by atoms with van der Waals surface area (Å²) < 4.78 is 12.7. The molecule has 8 nitrogen and oxygen atoms in total. The molecule has 8 heteroatoms. The van der Waals surface area contributed by atoms with Gasteiger partial charge in [-0.15, -0.1) is 15.0 Å². The van der Waals surface area contributed by atoms with Gasteiger partial charge >= 0.3 is 0 Å². The van der Waals surface area contributed by atoms with Crippen molar-refractivity contribution < 1.29 is 9.47 Å². The monoisotopic (exact) mass is 572 g/mol. The molecule has 3 heterocycles. The SMILES string of the molecule is Nc1cc(N2c3ccccc3Oc3ccccc32)c(N2c3ccccc3Oc3ccccc32)cc1-n1nc2ccccc2n1. The molecule has 210 valence electrons. The molecule has 7 aromatic rings. The van der Waals surface area contributed by atoms with Crippen LogP contribution in [-0.4, -0.2) is 15.0 Å². The van der Waals surface area contributed by atoms with Crippen LogP contribution in [0.15, 0.2) is 133 Å². The van der Waals surface area contributed by atoms with Crippen molar-refractivity contribution in [2.75, 3.05) is 15.5 Å². The van der Waals surface area contributed by atoms with Gasteiger partial charge in [-0.25, -0.2) is 0 Å². The maximum absolute atomic E-state index is 6.91. The second-order valence-corrected chi connectivity index (χ2v) is 10.6. The van der Waals surface area contributed by atoms with Gasteiger partial charge in [0.15, 0.2) is 23.0 Å². The topological polar surface area (TPSA) is 81.7 Å². The summed E-state index contributed by atoms with van der Waals surface area (Å²) in [5.74, 6) is 3.01. The predicted molar refractivity (Wildman–Crippen MR) is 173 cm³/mol. The lowest BCUT2D eigenvalue weighted by Crippen LogP contribution is -2.22. The van der Waals surface area contributed by atoms with E-state index in [9.17, 15) is 0 Å². The third-order valence-electron chi connectivity index (χ3n) is 7.97. The lowest BCUT2D eigenvalue weighted by atomic mass is 10.1. The fraction of sp³-hybridized carbons (Fsp3) is 0. The Morgan fingerprint density at radius 1 is 0.409 bits per heavy atom. The van der Waals surface area contributed by atoms with E-state index < -0.39 is 0 Å². The lowest BCUT2D eigenvalue weighted by Gasteiger charge is -2.38. The third kappa shape index (κ3) is 3.64. The van der Waals surface area contributed by atoms with E-state index in [0.29, 0.717) is 11.4 Å². The lowest BCUT2D eigenvalue weighted by molar-refractivity contribution is 0.476. The van der Waals surface area contributed by atoms with Crippen LogP contribution in [0.25, 0.3) is 16.7 Å². The van der Waals surface area contributed by atoms with Crippen molar-refractivity contribution in [1.29, 1.82) is 0 Å². The normalized spacial score (nSPS) is 12.9. The number of para-hydroxylation sites is 8. The molecule has 44 heavy (non-hydrogen) atoms. The highest BCUT2D eigenvalue weighted by molar-refractivity contribution is 5.99. The number of nitrogens with zero attached hydrogens (tertiary/aromatic N) is 5. The molecule has 0 bridgehead atoms.